The van der Waals surface area contributed by atoms with Crippen LogP contribution in [0.15, 0.2) is 73.1 Å². The van der Waals surface area contributed by atoms with E-state index in [1.54, 1.807) is 6.20 Å². The van der Waals surface area contributed by atoms with Crippen LogP contribution in [0.4, 0.5) is 5.69 Å². The van der Waals surface area contributed by atoms with Crippen molar-refractivity contribution in [2.45, 2.75) is 33.5 Å². The molecular formula is C24H27N3O2. The van der Waals surface area contributed by atoms with Crippen LogP contribution in [0.2, 0.25) is 0 Å². The fourth-order valence-corrected chi connectivity index (χ4v) is 2.82. The van der Waals surface area contributed by atoms with Crippen molar-refractivity contribution >= 4 is 11.6 Å². The summed E-state index contributed by atoms with van der Waals surface area (Å²) in [6.07, 6.45) is 3.57. The smallest absolute Gasteiger partial charge is 0.226 e. The molecule has 5 nitrogen and oxygen atoms in total. The molecule has 1 heterocycles. The summed E-state index contributed by atoms with van der Waals surface area (Å²) in [5, 5.41) is 6.39. The van der Waals surface area contributed by atoms with Gasteiger partial charge in [-0.2, -0.15) is 0 Å². The maximum atomic E-state index is 11.9. The number of aromatic nitrogens is 1. The summed E-state index contributed by atoms with van der Waals surface area (Å²) >= 11 is 0. The van der Waals surface area contributed by atoms with E-state index in [9.17, 15) is 4.79 Å². The monoisotopic (exact) mass is 389 g/mol. The Morgan fingerprint density at radius 2 is 1.83 bits per heavy atom. The minimum atomic E-state index is -0.0417. The van der Waals surface area contributed by atoms with Crippen molar-refractivity contribution < 1.29 is 9.53 Å². The van der Waals surface area contributed by atoms with Gasteiger partial charge in [0.05, 0.1) is 0 Å². The Kier molecular flexibility index (Phi) is 7.36. The average Bonchev–Trinajstić information content (AvgIpc) is 2.74. The van der Waals surface area contributed by atoms with Crippen LogP contribution in [0.1, 0.15) is 30.5 Å². The maximum absolute atomic E-state index is 11.9. The topological polar surface area (TPSA) is 63.2 Å². The predicted molar refractivity (Wildman–Crippen MR) is 115 cm³/mol. The third kappa shape index (κ3) is 6.43. The van der Waals surface area contributed by atoms with Crippen molar-refractivity contribution in [1.29, 1.82) is 0 Å². The number of amides is 1. The standard InChI is InChI=1S/C24H27N3O2/c1-18(2)24(28)27-22-10-5-7-19(13-22)14-26-16-21-9-3-4-11-23(21)29-17-20-8-6-12-25-15-20/h3-13,15,18,26H,14,16-17H2,1-2H3,(H,27,28). The summed E-state index contributed by atoms with van der Waals surface area (Å²) in [5.74, 6) is 0.844. The first-order valence-electron chi connectivity index (χ1n) is 9.82. The number of carbonyl (C=O) groups is 1. The molecule has 2 aromatic carbocycles. The highest BCUT2D eigenvalue weighted by Crippen LogP contribution is 2.19. The molecule has 0 aliphatic rings. The molecule has 2 N–H and O–H groups in total. The first kappa shape index (κ1) is 20.6. The fraction of sp³-hybridized carbons (Fsp3) is 0.250. The lowest BCUT2D eigenvalue weighted by Crippen LogP contribution is -2.18. The summed E-state index contributed by atoms with van der Waals surface area (Å²) in [6, 6.07) is 19.8. The Bertz CT molecular complexity index is 926. The minimum Gasteiger partial charge on any atom is -0.489 e. The highest BCUT2D eigenvalue weighted by molar-refractivity contribution is 5.92. The summed E-state index contributed by atoms with van der Waals surface area (Å²) in [6.45, 7) is 5.64. The predicted octanol–water partition coefficient (Wildman–Crippen LogP) is 4.54. The number of rotatable bonds is 9. The highest BCUT2D eigenvalue weighted by Gasteiger charge is 2.07. The van der Waals surface area contributed by atoms with E-state index in [0.717, 1.165) is 28.1 Å². The van der Waals surface area contributed by atoms with Crippen LogP contribution in [-0.2, 0) is 24.5 Å². The molecule has 150 valence electrons. The zero-order valence-corrected chi connectivity index (χ0v) is 16.9. The maximum Gasteiger partial charge on any atom is 0.226 e. The van der Waals surface area contributed by atoms with Crippen molar-refractivity contribution in [3.63, 3.8) is 0 Å². The first-order valence-corrected chi connectivity index (χ1v) is 9.82. The fourth-order valence-electron chi connectivity index (χ4n) is 2.82. The van der Waals surface area contributed by atoms with E-state index in [4.69, 9.17) is 4.74 Å². The van der Waals surface area contributed by atoms with Gasteiger partial charge in [0.25, 0.3) is 0 Å². The van der Waals surface area contributed by atoms with Gasteiger partial charge in [0.15, 0.2) is 0 Å². The number of anilines is 1. The number of benzene rings is 2. The lowest BCUT2D eigenvalue weighted by Gasteiger charge is -2.13. The zero-order valence-electron chi connectivity index (χ0n) is 16.9. The second kappa shape index (κ2) is 10.4. The number of pyridine rings is 1. The Labute approximate surface area is 172 Å². The van der Waals surface area contributed by atoms with Crippen molar-refractivity contribution in [3.8, 4) is 5.75 Å². The zero-order chi connectivity index (χ0) is 20.5. The van der Waals surface area contributed by atoms with Gasteiger partial charge < -0.3 is 15.4 Å². The molecule has 0 atom stereocenters. The lowest BCUT2D eigenvalue weighted by molar-refractivity contribution is -0.118. The van der Waals surface area contributed by atoms with E-state index < -0.39 is 0 Å². The van der Waals surface area contributed by atoms with Crippen LogP contribution in [-0.4, -0.2) is 10.9 Å². The SMILES string of the molecule is CC(C)C(=O)Nc1cccc(CNCc2ccccc2OCc2cccnc2)c1. The van der Waals surface area contributed by atoms with E-state index >= 15 is 0 Å². The molecule has 29 heavy (non-hydrogen) atoms. The van der Waals surface area contributed by atoms with E-state index in [1.165, 1.54) is 0 Å². The molecule has 0 aliphatic carbocycles. The molecule has 5 heteroatoms. The highest BCUT2D eigenvalue weighted by atomic mass is 16.5. The van der Waals surface area contributed by atoms with Gasteiger partial charge in [0, 0.05) is 48.2 Å². The van der Waals surface area contributed by atoms with E-state index in [2.05, 4.69) is 21.7 Å². The van der Waals surface area contributed by atoms with Crippen molar-refractivity contribution in [1.82, 2.24) is 10.3 Å². The second-order valence-electron chi connectivity index (χ2n) is 7.21. The first-order chi connectivity index (χ1) is 14.1. The van der Waals surface area contributed by atoms with Gasteiger partial charge in [-0.25, -0.2) is 0 Å². The van der Waals surface area contributed by atoms with Gasteiger partial charge in [-0.05, 0) is 29.8 Å². The van der Waals surface area contributed by atoms with Gasteiger partial charge in [-0.15, -0.1) is 0 Å². The normalized spacial score (nSPS) is 10.7. The molecule has 3 rings (SSSR count). The van der Waals surface area contributed by atoms with Crippen molar-refractivity contribution in [3.05, 3.63) is 89.7 Å². The quantitative estimate of drug-likeness (QED) is 0.564. The van der Waals surface area contributed by atoms with E-state index in [-0.39, 0.29) is 11.8 Å². The minimum absolute atomic E-state index is 0.0230. The molecule has 0 unspecified atom stereocenters. The lowest BCUT2D eigenvalue weighted by atomic mass is 10.1. The number of nitrogens with one attached hydrogen (secondary N) is 2. The summed E-state index contributed by atoms with van der Waals surface area (Å²) in [7, 11) is 0. The summed E-state index contributed by atoms with van der Waals surface area (Å²) in [5.41, 5.74) is 4.07. The molecule has 0 saturated heterocycles. The van der Waals surface area contributed by atoms with Gasteiger partial charge in [0.1, 0.15) is 12.4 Å². The Morgan fingerprint density at radius 1 is 1.00 bits per heavy atom. The Morgan fingerprint density at radius 3 is 2.62 bits per heavy atom. The molecule has 1 aromatic heterocycles. The average molecular weight is 389 g/mol. The Hall–Kier alpha value is -3.18. The second-order valence-corrected chi connectivity index (χ2v) is 7.21. The van der Waals surface area contributed by atoms with Gasteiger partial charge >= 0.3 is 0 Å². The third-order valence-electron chi connectivity index (χ3n) is 4.45. The van der Waals surface area contributed by atoms with Gasteiger partial charge in [-0.3, -0.25) is 9.78 Å². The molecule has 0 radical (unpaired) electrons. The van der Waals surface area contributed by atoms with E-state index in [1.807, 2.05) is 74.6 Å². The van der Waals surface area contributed by atoms with Crippen molar-refractivity contribution in [2.75, 3.05) is 5.32 Å². The molecule has 0 fully saturated rings. The summed E-state index contributed by atoms with van der Waals surface area (Å²) < 4.78 is 5.98. The Balaban J connectivity index is 1.55. The van der Waals surface area contributed by atoms with Crippen LogP contribution < -0.4 is 15.4 Å². The van der Waals surface area contributed by atoms with Crippen molar-refractivity contribution in [2.24, 2.45) is 5.92 Å². The van der Waals surface area contributed by atoms with Crippen LogP contribution >= 0.6 is 0 Å². The largest absolute Gasteiger partial charge is 0.489 e. The van der Waals surface area contributed by atoms with E-state index in [0.29, 0.717) is 19.7 Å². The van der Waals surface area contributed by atoms with Crippen LogP contribution in [0.5, 0.6) is 5.75 Å². The number of nitrogens with zero attached hydrogens (tertiary/aromatic N) is 1. The number of hydrogen-bond acceptors (Lipinski definition) is 4. The molecule has 0 saturated carbocycles. The third-order valence-corrected chi connectivity index (χ3v) is 4.45. The molecule has 0 aliphatic heterocycles. The molecule has 1 amide bonds. The molecule has 0 spiro atoms. The van der Waals surface area contributed by atoms with Crippen LogP contribution in [0, 0.1) is 5.92 Å². The molecule has 0 bridgehead atoms. The number of hydrogen-bond donors (Lipinski definition) is 2. The van der Waals surface area contributed by atoms with Crippen LogP contribution in [0.25, 0.3) is 0 Å². The van der Waals surface area contributed by atoms with Gasteiger partial charge in [-0.1, -0.05) is 50.2 Å². The molecule has 3 aromatic rings. The molecular weight excluding hydrogens is 362 g/mol. The number of carbonyl (C=O) groups excluding carboxylic acids is 1. The van der Waals surface area contributed by atoms with Gasteiger partial charge in [0.2, 0.25) is 5.91 Å². The number of ether oxygens (including phenoxy) is 1. The summed E-state index contributed by atoms with van der Waals surface area (Å²) in [4.78, 5) is 16.0. The number of para-hydroxylation sites is 1. The van der Waals surface area contributed by atoms with Crippen LogP contribution in [0.3, 0.4) is 0 Å².